The molecule has 0 saturated carbocycles. The van der Waals surface area contributed by atoms with Gasteiger partial charge in [-0.3, -0.25) is 0 Å². The molecule has 0 bridgehead atoms. The number of carbonyl (C=O) groups excluding carboxylic acids is 1. The molecule has 0 heterocycles. The predicted molar refractivity (Wildman–Crippen MR) is 88.4 cm³/mol. The molecule has 0 saturated heterocycles. The van der Waals surface area contributed by atoms with Crippen molar-refractivity contribution in [2.24, 2.45) is 0 Å². The number of methoxy groups -OCH3 is 1. The molecule has 0 N–H and O–H groups in total. The fourth-order valence-electron chi connectivity index (χ4n) is 2.24. The zero-order valence-electron chi connectivity index (χ0n) is 13.4. The maximum atomic E-state index is 11.7. The molecule has 0 atom stereocenters. The van der Waals surface area contributed by atoms with Gasteiger partial charge < -0.3 is 9.47 Å². The third kappa shape index (κ3) is 3.37. The summed E-state index contributed by atoms with van der Waals surface area (Å²) in [5.41, 5.74) is 4.39. The molecule has 0 aliphatic carbocycles. The first kappa shape index (κ1) is 15.8. The molecule has 2 rings (SSSR count). The number of hydrogen-bond acceptors (Lipinski definition) is 3. The normalized spacial score (nSPS) is 10.2. The van der Waals surface area contributed by atoms with Crippen LogP contribution in [0.4, 0.5) is 0 Å². The third-order valence-electron chi connectivity index (χ3n) is 3.43. The highest BCUT2D eigenvalue weighted by Crippen LogP contribution is 2.31. The fraction of sp³-hybridized carbons (Fsp3) is 0.211. The summed E-state index contributed by atoms with van der Waals surface area (Å²) >= 11 is 0. The lowest BCUT2D eigenvalue weighted by molar-refractivity contribution is -0.130. The first-order valence-corrected chi connectivity index (χ1v) is 7.05. The summed E-state index contributed by atoms with van der Waals surface area (Å²) in [7, 11) is 1.65. The molecule has 0 radical (unpaired) electrons. The summed E-state index contributed by atoms with van der Waals surface area (Å²) in [4.78, 5) is 11.7. The number of rotatable bonds is 4. The Balaban J connectivity index is 2.36. The van der Waals surface area contributed by atoms with Gasteiger partial charge in [0, 0.05) is 5.57 Å². The fourth-order valence-corrected chi connectivity index (χ4v) is 2.24. The summed E-state index contributed by atoms with van der Waals surface area (Å²) in [5.74, 6) is 1.03. The summed E-state index contributed by atoms with van der Waals surface area (Å²) in [6, 6.07) is 11.9. The van der Waals surface area contributed by atoms with E-state index in [9.17, 15) is 4.79 Å². The van der Waals surface area contributed by atoms with E-state index in [1.54, 1.807) is 14.0 Å². The topological polar surface area (TPSA) is 35.5 Å². The van der Waals surface area contributed by atoms with Crippen LogP contribution >= 0.6 is 0 Å². The van der Waals surface area contributed by atoms with Crippen LogP contribution in [0.5, 0.6) is 11.5 Å². The molecule has 3 heteroatoms. The molecule has 22 heavy (non-hydrogen) atoms. The molecular formula is C19H20O3. The van der Waals surface area contributed by atoms with E-state index in [-0.39, 0.29) is 0 Å². The van der Waals surface area contributed by atoms with Gasteiger partial charge >= 0.3 is 5.97 Å². The Bertz CT molecular complexity index is 689. The number of hydrogen-bond donors (Lipinski definition) is 0. The van der Waals surface area contributed by atoms with Crippen molar-refractivity contribution in [3.63, 3.8) is 0 Å². The van der Waals surface area contributed by atoms with Gasteiger partial charge in [0.25, 0.3) is 0 Å². The maximum Gasteiger partial charge on any atom is 0.338 e. The van der Waals surface area contributed by atoms with Crippen molar-refractivity contribution in [3.8, 4) is 22.6 Å². The van der Waals surface area contributed by atoms with Gasteiger partial charge in [0.05, 0.1) is 7.11 Å². The second-order valence-electron chi connectivity index (χ2n) is 5.34. The quantitative estimate of drug-likeness (QED) is 0.474. The lowest BCUT2D eigenvalue weighted by Crippen LogP contribution is -2.10. The molecule has 0 amide bonds. The van der Waals surface area contributed by atoms with Crippen LogP contribution in [0, 0.1) is 13.8 Å². The van der Waals surface area contributed by atoms with Crippen LogP contribution in [0.25, 0.3) is 11.1 Å². The van der Waals surface area contributed by atoms with E-state index in [2.05, 4.69) is 6.58 Å². The SMILES string of the molecule is C=C(C)C(=O)Oc1c(C)cc(-c2ccc(OC)cc2)cc1C. The van der Waals surface area contributed by atoms with E-state index in [4.69, 9.17) is 9.47 Å². The van der Waals surface area contributed by atoms with E-state index < -0.39 is 5.97 Å². The van der Waals surface area contributed by atoms with Crippen molar-refractivity contribution in [2.75, 3.05) is 7.11 Å². The summed E-state index contributed by atoms with van der Waals surface area (Å²) in [6.07, 6.45) is 0. The summed E-state index contributed by atoms with van der Waals surface area (Å²) in [6.45, 7) is 9.11. The van der Waals surface area contributed by atoms with Crippen LogP contribution < -0.4 is 9.47 Å². The van der Waals surface area contributed by atoms with E-state index in [0.717, 1.165) is 28.0 Å². The van der Waals surface area contributed by atoms with Crippen LogP contribution in [-0.4, -0.2) is 13.1 Å². The van der Waals surface area contributed by atoms with E-state index in [0.29, 0.717) is 11.3 Å². The van der Waals surface area contributed by atoms with Gasteiger partial charge in [-0.1, -0.05) is 18.7 Å². The smallest absolute Gasteiger partial charge is 0.338 e. The lowest BCUT2D eigenvalue weighted by atomic mass is 9.99. The highest BCUT2D eigenvalue weighted by Gasteiger charge is 2.12. The number of esters is 1. The third-order valence-corrected chi connectivity index (χ3v) is 3.43. The van der Waals surface area contributed by atoms with Crippen molar-refractivity contribution < 1.29 is 14.3 Å². The molecule has 2 aromatic carbocycles. The number of ether oxygens (including phenoxy) is 2. The second-order valence-corrected chi connectivity index (χ2v) is 5.34. The van der Waals surface area contributed by atoms with E-state index >= 15 is 0 Å². The van der Waals surface area contributed by atoms with Crippen LogP contribution in [0.15, 0.2) is 48.6 Å². The zero-order valence-corrected chi connectivity index (χ0v) is 13.4. The Morgan fingerprint density at radius 3 is 2.00 bits per heavy atom. The highest BCUT2D eigenvalue weighted by atomic mass is 16.5. The number of carbonyl (C=O) groups is 1. The van der Waals surface area contributed by atoms with Crippen molar-refractivity contribution in [2.45, 2.75) is 20.8 Å². The van der Waals surface area contributed by atoms with Gasteiger partial charge in [0.1, 0.15) is 11.5 Å². The van der Waals surface area contributed by atoms with Gasteiger partial charge in [-0.2, -0.15) is 0 Å². The summed E-state index contributed by atoms with van der Waals surface area (Å²) < 4.78 is 10.6. The molecule has 0 aliphatic heterocycles. The van der Waals surface area contributed by atoms with E-state index in [1.165, 1.54) is 0 Å². The van der Waals surface area contributed by atoms with Crippen molar-refractivity contribution in [3.05, 3.63) is 59.7 Å². The minimum atomic E-state index is -0.400. The first-order valence-electron chi connectivity index (χ1n) is 7.05. The van der Waals surface area contributed by atoms with Gasteiger partial charge in [-0.05, 0) is 67.3 Å². The average molecular weight is 296 g/mol. The Labute approximate surface area is 131 Å². The van der Waals surface area contributed by atoms with Crippen molar-refractivity contribution in [1.29, 1.82) is 0 Å². The Hall–Kier alpha value is -2.55. The lowest BCUT2D eigenvalue weighted by Gasteiger charge is -2.13. The zero-order chi connectivity index (χ0) is 16.3. The molecule has 114 valence electrons. The number of aryl methyl sites for hydroxylation is 2. The minimum Gasteiger partial charge on any atom is -0.497 e. The van der Waals surface area contributed by atoms with Gasteiger partial charge in [-0.15, -0.1) is 0 Å². The first-order chi connectivity index (χ1) is 10.4. The Morgan fingerprint density at radius 2 is 1.55 bits per heavy atom. The van der Waals surface area contributed by atoms with Gasteiger partial charge in [0.15, 0.2) is 0 Å². The Kier molecular flexibility index (Phi) is 4.66. The minimum absolute atomic E-state index is 0.387. The standard InChI is InChI=1S/C19H20O3/c1-12(2)19(20)22-18-13(3)10-16(11-14(18)4)15-6-8-17(21-5)9-7-15/h6-11H,1H2,2-5H3. The van der Waals surface area contributed by atoms with Gasteiger partial charge in [0.2, 0.25) is 0 Å². The Morgan fingerprint density at radius 1 is 1.00 bits per heavy atom. The molecule has 0 aromatic heterocycles. The van der Waals surface area contributed by atoms with Crippen molar-refractivity contribution in [1.82, 2.24) is 0 Å². The monoisotopic (exact) mass is 296 g/mol. The highest BCUT2D eigenvalue weighted by molar-refractivity contribution is 5.89. The second kappa shape index (κ2) is 6.48. The van der Waals surface area contributed by atoms with Crippen LogP contribution in [0.3, 0.4) is 0 Å². The summed E-state index contributed by atoms with van der Waals surface area (Å²) in [5, 5.41) is 0. The maximum absolute atomic E-state index is 11.7. The molecule has 2 aromatic rings. The number of benzene rings is 2. The predicted octanol–water partition coefficient (Wildman–Crippen LogP) is 4.46. The molecule has 3 nitrogen and oxygen atoms in total. The molecular weight excluding hydrogens is 276 g/mol. The molecule has 0 fully saturated rings. The molecule has 0 spiro atoms. The molecule has 0 aliphatic rings. The van der Waals surface area contributed by atoms with Crippen LogP contribution in [-0.2, 0) is 4.79 Å². The van der Waals surface area contributed by atoms with Crippen LogP contribution in [0.1, 0.15) is 18.1 Å². The van der Waals surface area contributed by atoms with E-state index in [1.807, 2.05) is 50.2 Å². The molecule has 0 unspecified atom stereocenters. The average Bonchev–Trinajstić information content (AvgIpc) is 2.50. The largest absolute Gasteiger partial charge is 0.497 e. The van der Waals surface area contributed by atoms with Crippen molar-refractivity contribution >= 4 is 5.97 Å². The van der Waals surface area contributed by atoms with Gasteiger partial charge in [-0.25, -0.2) is 4.79 Å². The van der Waals surface area contributed by atoms with Crippen LogP contribution in [0.2, 0.25) is 0 Å².